The number of ether oxygens (including phenoxy) is 1. The van der Waals surface area contributed by atoms with E-state index < -0.39 is 0 Å². The van der Waals surface area contributed by atoms with Crippen molar-refractivity contribution < 1.29 is 9.53 Å². The summed E-state index contributed by atoms with van der Waals surface area (Å²) >= 11 is 0. The molecule has 8 nitrogen and oxygen atoms in total. The normalized spacial score (nSPS) is 25.5. The van der Waals surface area contributed by atoms with Gasteiger partial charge in [-0.15, -0.1) is 0 Å². The van der Waals surface area contributed by atoms with Crippen LogP contribution in [0.2, 0.25) is 0 Å². The highest BCUT2D eigenvalue weighted by Crippen LogP contribution is 2.49. The van der Waals surface area contributed by atoms with Crippen molar-refractivity contribution >= 4 is 11.7 Å². The van der Waals surface area contributed by atoms with E-state index in [1.807, 2.05) is 11.0 Å². The first-order valence-electron chi connectivity index (χ1n) is 11.0. The van der Waals surface area contributed by atoms with E-state index in [2.05, 4.69) is 59.3 Å². The number of aromatic nitrogens is 2. The van der Waals surface area contributed by atoms with Crippen molar-refractivity contribution in [2.24, 2.45) is 0 Å². The number of nitrogens with zero attached hydrogens (tertiary/aromatic N) is 6. The Kier molecular flexibility index (Phi) is 6.13. The van der Waals surface area contributed by atoms with Gasteiger partial charge in [-0.2, -0.15) is 5.26 Å². The molecule has 0 atom stereocenters. The molecule has 0 N–H and O–H groups in total. The third-order valence-electron chi connectivity index (χ3n) is 7.23. The van der Waals surface area contributed by atoms with Gasteiger partial charge in [0.2, 0.25) is 5.82 Å². The molecule has 8 heteroatoms. The lowest BCUT2D eigenvalue weighted by atomic mass is 9.68. The van der Waals surface area contributed by atoms with E-state index in [1.54, 1.807) is 24.4 Å². The molecule has 1 spiro atoms. The van der Waals surface area contributed by atoms with Crippen molar-refractivity contribution in [1.29, 1.82) is 5.26 Å². The van der Waals surface area contributed by atoms with Gasteiger partial charge in [0.25, 0.3) is 0 Å². The van der Waals surface area contributed by atoms with Gasteiger partial charge in [0.15, 0.2) is 0 Å². The molecule has 0 radical (unpaired) electrons. The van der Waals surface area contributed by atoms with Gasteiger partial charge >= 0.3 is 6.03 Å². The maximum atomic E-state index is 13.5. The van der Waals surface area contributed by atoms with Gasteiger partial charge in [0.1, 0.15) is 6.07 Å². The van der Waals surface area contributed by atoms with Gasteiger partial charge in [-0.25, -0.2) is 14.8 Å². The molecule has 2 heterocycles. The van der Waals surface area contributed by atoms with Crippen LogP contribution in [0.25, 0.3) is 0 Å². The SMILES string of the molecule is COCCN1C(=O)N(c2cnc(C#N)nc2)CC12CCC(c1ccccc1)(N(C)C)CC2. The summed E-state index contributed by atoms with van der Waals surface area (Å²) in [6.45, 7) is 1.62. The maximum Gasteiger partial charge on any atom is 0.325 e. The summed E-state index contributed by atoms with van der Waals surface area (Å²) in [6.07, 6.45) is 6.82. The lowest BCUT2D eigenvalue weighted by Crippen LogP contribution is -2.56. The third-order valence-corrected chi connectivity index (χ3v) is 7.23. The third kappa shape index (κ3) is 3.72. The molecule has 2 aromatic rings. The molecule has 2 aliphatic rings. The first-order chi connectivity index (χ1) is 15.5. The quantitative estimate of drug-likeness (QED) is 0.695. The lowest BCUT2D eigenvalue weighted by molar-refractivity contribution is 0.0189. The van der Waals surface area contributed by atoms with E-state index in [0.717, 1.165) is 25.7 Å². The van der Waals surface area contributed by atoms with Gasteiger partial charge < -0.3 is 9.64 Å². The Balaban J connectivity index is 1.63. The van der Waals surface area contributed by atoms with Crippen LogP contribution in [0.1, 0.15) is 37.1 Å². The van der Waals surface area contributed by atoms with Crippen molar-refractivity contribution in [2.45, 2.75) is 36.8 Å². The Morgan fingerprint density at radius 2 is 1.78 bits per heavy atom. The molecule has 2 fully saturated rings. The van der Waals surface area contributed by atoms with Crippen molar-refractivity contribution in [3.63, 3.8) is 0 Å². The number of amides is 2. The smallest absolute Gasteiger partial charge is 0.325 e. The minimum Gasteiger partial charge on any atom is -0.383 e. The molecular formula is C24H30N6O2. The fraction of sp³-hybridized carbons (Fsp3) is 0.500. The first-order valence-corrected chi connectivity index (χ1v) is 11.0. The summed E-state index contributed by atoms with van der Waals surface area (Å²) in [5, 5.41) is 8.99. The van der Waals surface area contributed by atoms with Gasteiger partial charge in [-0.05, 0) is 45.3 Å². The van der Waals surface area contributed by atoms with E-state index >= 15 is 0 Å². The number of carbonyl (C=O) groups excluding carboxylic acids is 1. The topological polar surface area (TPSA) is 85.6 Å². The number of rotatable bonds is 6. The van der Waals surface area contributed by atoms with Crippen LogP contribution in [0.3, 0.4) is 0 Å². The fourth-order valence-electron chi connectivity index (χ4n) is 5.33. The minimum absolute atomic E-state index is 0.0482. The van der Waals surface area contributed by atoms with Crippen molar-refractivity contribution in [3.8, 4) is 6.07 Å². The lowest BCUT2D eigenvalue weighted by Gasteiger charge is -2.51. The van der Waals surface area contributed by atoms with Gasteiger partial charge in [0.05, 0.1) is 36.8 Å². The second-order valence-electron chi connectivity index (χ2n) is 8.91. The fourth-order valence-corrected chi connectivity index (χ4v) is 5.33. The van der Waals surface area contributed by atoms with Crippen LogP contribution in [0.4, 0.5) is 10.5 Å². The monoisotopic (exact) mass is 434 g/mol. The van der Waals surface area contributed by atoms with Crippen LogP contribution in [-0.2, 0) is 10.3 Å². The number of anilines is 1. The average molecular weight is 435 g/mol. The molecule has 0 unspecified atom stereocenters. The first kappa shape index (κ1) is 22.2. The second-order valence-corrected chi connectivity index (χ2v) is 8.91. The van der Waals surface area contributed by atoms with Gasteiger partial charge in [-0.3, -0.25) is 9.80 Å². The standard InChI is InChI=1S/C24H30N6O2/c1-28(2)24(19-7-5-4-6-8-19)11-9-23(10-12-24)18-29(22(31)30(23)13-14-32-3)20-16-26-21(15-25)27-17-20/h4-8,16-17H,9-14,18H2,1-3H3. The van der Waals surface area contributed by atoms with Crippen LogP contribution in [0.5, 0.6) is 0 Å². The van der Waals surface area contributed by atoms with Crippen molar-refractivity contribution in [2.75, 3.05) is 45.8 Å². The second kappa shape index (κ2) is 8.85. The Labute approximate surface area is 189 Å². The van der Waals surface area contributed by atoms with E-state index in [9.17, 15) is 4.79 Å². The summed E-state index contributed by atoms with van der Waals surface area (Å²) < 4.78 is 5.32. The molecule has 1 aromatic carbocycles. The molecule has 168 valence electrons. The average Bonchev–Trinajstić information content (AvgIpc) is 3.09. The predicted molar refractivity (Wildman–Crippen MR) is 121 cm³/mol. The highest BCUT2D eigenvalue weighted by molar-refractivity contribution is 5.95. The number of urea groups is 1. The number of nitriles is 1. The number of carbonyl (C=O) groups is 1. The Bertz CT molecular complexity index is 978. The molecule has 32 heavy (non-hydrogen) atoms. The zero-order valence-corrected chi connectivity index (χ0v) is 19.0. The number of hydrogen-bond donors (Lipinski definition) is 0. The zero-order chi connectivity index (χ0) is 22.8. The summed E-state index contributed by atoms with van der Waals surface area (Å²) in [6, 6.07) is 12.5. The summed E-state index contributed by atoms with van der Waals surface area (Å²) in [5.41, 5.74) is 1.64. The van der Waals surface area contributed by atoms with E-state index in [-0.39, 0.29) is 22.9 Å². The number of hydrogen-bond acceptors (Lipinski definition) is 6. The van der Waals surface area contributed by atoms with Crippen molar-refractivity contribution in [3.05, 3.63) is 54.1 Å². The summed E-state index contributed by atoms with van der Waals surface area (Å²) in [5.74, 6) is 0.0997. The van der Waals surface area contributed by atoms with Gasteiger partial charge in [0, 0.05) is 19.2 Å². The molecule has 1 saturated carbocycles. The molecule has 1 aliphatic carbocycles. The molecule has 0 bridgehead atoms. The Morgan fingerprint density at radius 3 is 2.34 bits per heavy atom. The molecule has 1 saturated heterocycles. The molecule has 4 rings (SSSR count). The van der Waals surface area contributed by atoms with Crippen LogP contribution in [-0.4, -0.2) is 72.2 Å². The van der Waals surface area contributed by atoms with Gasteiger partial charge in [-0.1, -0.05) is 30.3 Å². The molecule has 2 amide bonds. The number of methoxy groups -OCH3 is 1. The molecular weight excluding hydrogens is 404 g/mol. The predicted octanol–water partition coefficient (Wildman–Crippen LogP) is 3.01. The van der Waals surface area contributed by atoms with Crippen LogP contribution in [0, 0.1) is 11.3 Å². The Morgan fingerprint density at radius 1 is 1.12 bits per heavy atom. The van der Waals surface area contributed by atoms with Crippen LogP contribution >= 0.6 is 0 Å². The minimum atomic E-state index is -0.266. The largest absolute Gasteiger partial charge is 0.383 e. The molecule has 1 aromatic heterocycles. The molecule has 1 aliphatic heterocycles. The zero-order valence-electron chi connectivity index (χ0n) is 19.0. The van der Waals surface area contributed by atoms with E-state index in [1.165, 1.54) is 5.56 Å². The highest BCUT2D eigenvalue weighted by atomic mass is 16.5. The van der Waals surface area contributed by atoms with E-state index in [0.29, 0.717) is 25.4 Å². The van der Waals surface area contributed by atoms with Crippen LogP contribution in [0.15, 0.2) is 42.7 Å². The highest BCUT2D eigenvalue weighted by Gasteiger charge is 2.54. The van der Waals surface area contributed by atoms with E-state index in [4.69, 9.17) is 10.00 Å². The van der Waals surface area contributed by atoms with Crippen molar-refractivity contribution in [1.82, 2.24) is 19.8 Å². The Hall–Kier alpha value is -3.02. The number of benzene rings is 1. The van der Waals surface area contributed by atoms with Crippen LogP contribution < -0.4 is 4.90 Å². The summed E-state index contributed by atoms with van der Waals surface area (Å²) in [7, 11) is 5.95. The maximum absolute atomic E-state index is 13.5. The summed E-state index contributed by atoms with van der Waals surface area (Å²) in [4.78, 5) is 27.7.